The molecule has 0 aliphatic carbocycles. The molecule has 0 radical (unpaired) electrons. The standard InChI is InChI=1S/C15H10F3N3O/c16-8-3-1-7(2-4-8)14-13(15(22)21-19)9-5-10(17)11(18)6-12(9)20-14/h1-6,20H,19H2,(H,21,22). The summed E-state index contributed by atoms with van der Waals surface area (Å²) in [6.07, 6.45) is 0. The first-order valence-electron chi connectivity index (χ1n) is 6.29. The van der Waals surface area contributed by atoms with Crippen LogP contribution in [-0.2, 0) is 0 Å². The van der Waals surface area contributed by atoms with Crippen molar-refractivity contribution >= 4 is 16.8 Å². The van der Waals surface area contributed by atoms with Gasteiger partial charge in [0, 0.05) is 17.0 Å². The monoisotopic (exact) mass is 305 g/mol. The first-order chi connectivity index (χ1) is 10.5. The van der Waals surface area contributed by atoms with Crippen molar-refractivity contribution in [2.24, 2.45) is 5.84 Å². The zero-order valence-corrected chi connectivity index (χ0v) is 11.1. The molecule has 3 aromatic rings. The highest BCUT2D eigenvalue weighted by Gasteiger charge is 2.21. The number of halogens is 3. The van der Waals surface area contributed by atoms with E-state index in [0.29, 0.717) is 11.3 Å². The number of carbonyl (C=O) groups is 1. The molecular weight excluding hydrogens is 295 g/mol. The summed E-state index contributed by atoms with van der Waals surface area (Å²) in [4.78, 5) is 14.8. The van der Waals surface area contributed by atoms with E-state index in [1.54, 1.807) is 0 Å². The van der Waals surface area contributed by atoms with Gasteiger partial charge in [-0.3, -0.25) is 10.2 Å². The fourth-order valence-corrected chi connectivity index (χ4v) is 2.33. The van der Waals surface area contributed by atoms with Gasteiger partial charge in [0.1, 0.15) is 5.82 Å². The maximum atomic E-state index is 13.5. The minimum atomic E-state index is -1.08. The van der Waals surface area contributed by atoms with E-state index in [-0.39, 0.29) is 16.5 Å². The summed E-state index contributed by atoms with van der Waals surface area (Å²) in [5.74, 6) is 1.92. The largest absolute Gasteiger partial charge is 0.354 e. The van der Waals surface area contributed by atoms with Crippen molar-refractivity contribution in [2.45, 2.75) is 0 Å². The van der Waals surface area contributed by atoms with Crippen LogP contribution in [0.25, 0.3) is 22.2 Å². The summed E-state index contributed by atoms with van der Waals surface area (Å²) in [5, 5.41) is 0.182. The molecule has 112 valence electrons. The van der Waals surface area contributed by atoms with E-state index in [0.717, 1.165) is 12.1 Å². The SMILES string of the molecule is NNC(=O)c1c(-c2ccc(F)cc2)[nH]c2cc(F)c(F)cc12. The van der Waals surface area contributed by atoms with Crippen molar-refractivity contribution in [1.82, 2.24) is 10.4 Å². The molecule has 0 saturated carbocycles. The predicted octanol–water partition coefficient (Wildman–Crippen LogP) is 2.86. The van der Waals surface area contributed by atoms with Gasteiger partial charge in [0.05, 0.1) is 11.3 Å². The Labute approximate surface area is 122 Å². The molecule has 1 amide bonds. The van der Waals surface area contributed by atoms with E-state index in [2.05, 4.69) is 4.98 Å². The normalized spacial score (nSPS) is 10.9. The van der Waals surface area contributed by atoms with Crippen molar-refractivity contribution < 1.29 is 18.0 Å². The van der Waals surface area contributed by atoms with Crippen molar-refractivity contribution in [3.63, 3.8) is 0 Å². The molecule has 2 aromatic carbocycles. The maximum Gasteiger partial charge on any atom is 0.267 e. The average Bonchev–Trinajstić information content (AvgIpc) is 2.86. The van der Waals surface area contributed by atoms with Gasteiger partial charge in [0.15, 0.2) is 11.6 Å². The second kappa shape index (κ2) is 5.19. The second-order valence-electron chi connectivity index (χ2n) is 4.67. The van der Waals surface area contributed by atoms with Gasteiger partial charge in [-0.1, -0.05) is 0 Å². The molecule has 0 spiro atoms. The lowest BCUT2D eigenvalue weighted by Gasteiger charge is -2.04. The minimum Gasteiger partial charge on any atom is -0.354 e. The topological polar surface area (TPSA) is 70.9 Å². The Morgan fingerprint density at radius 2 is 1.68 bits per heavy atom. The number of amides is 1. The summed E-state index contributed by atoms with van der Waals surface area (Å²) >= 11 is 0. The lowest BCUT2D eigenvalue weighted by Crippen LogP contribution is -2.30. The molecule has 1 heterocycles. The third-order valence-electron chi connectivity index (χ3n) is 3.33. The number of rotatable bonds is 2. The smallest absolute Gasteiger partial charge is 0.267 e. The Bertz CT molecular complexity index is 872. The molecular formula is C15H10F3N3O. The average molecular weight is 305 g/mol. The van der Waals surface area contributed by atoms with Crippen LogP contribution >= 0.6 is 0 Å². The number of fused-ring (bicyclic) bond motifs is 1. The highest BCUT2D eigenvalue weighted by molar-refractivity contribution is 6.12. The first kappa shape index (κ1) is 14.2. The van der Waals surface area contributed by atoms with Crippen LogP contribution in [-0.4, -0.2) is 10.9 Å². The van der Waals surface area contributed by atoms with E-state index in [1.807, 2.05) is 5.43 Å². The number of hydrogen-bond donors (Lipinski definition) is 3. The van der Waals surface area contributed by atoms with Gasteiger partial charge in [-0.25, -0.2) is 19.0 Å². The van der Waals surface area contributed by atoms with Gasteiger partial charge in [0.25, 0.3) is 5.91 Å². The Morgan fingerprint density at radius 1 is 1.05 bits per heavy atom. The number of aromatic amines is 1. The number of nitrogen functional groups attached to an aromatic ring is 1. The van der Waals surface area contributed by atoms with Crippen molar-refractivity contribution in [3.8, 4) is 11.3 Å². The number of H-pyrrole nitrogens is 1. The zero-order valence-electron chi connectivity index (χ0n) is 11.1. The van der Waals surface area contributed by atoms with E-state index in [9.17, 15) is 18.0 Å². The lowest BCUT2D eigenvalue weighted by atomic mass is 10.0. The number of carbonyl (C=O) groups excluding carboxylic acids is 1. The highest BCUT2D eigenvalue weighted by atomic mass is 19.2. The third kappa shape index (κ3) is 2.21. The minimum absolute atomic E-state index is 0.0583. The van der Waals surface area contributed by atoms with Gasteiger partial charge in [-0.2, -0.15) is 0 Å². The number of nitrogens with one attached hydrogen (secondary N) is 2. The summed E-state index contributed by atoms with van der Waals surface area (Å²) < 4.78 is 39.8. The number of benzene rings is 2. The molecule has 4 nitrogen and oxygen atoms in total. The Balaban J connectivity index is 2.33. The summed E-state index contributed by atoms with van der Waals surface area (Å²) in [7, 11) is 0. The number of hydrogen-bond acceptors (Lipinski definition) is 2. The summed E-state index contributed by atoms with van der Waals surface area (Å²) in [6, 6.07) is 7.18. The van der Waals surface area contributed by atoms with Crippen molar-refractivity contribution in [2.75, 3.05) is 0 Å². The van der Waals surface area contributed by atoms with Gasteiger partial charge in [-0.05, 0) is 35.9 Å². The van der Waals surface area contributed by atoms with Gasteiger partial charge >= 0.3 is 0 Å². The number of aromatic nitrogens is 1. The zero-order chi connectivity index (χ0) is 15.9. The van der Waals surface area contributed by atoms with Crippen molar-refractivity contribution in [3.05, 3.63) is 59.4 Å². The fraction of sp³-hybridized carbons (Fsp3) is 0. The maximum absolute atomic E-state index is 13.5. The van der Waals surface area contributed by atoms with Crippen LogP contribution in [0.15, 0.2) is 36.4 Å². The third-order valence-corrected chi connectivity index (χ3v) is 3.33. The number of nitrogens with two attached hydrogens (primary N) is 1. The molecule has 0 fully saturated rings. The van der Waals surface area contributed by atoms with E-state index in [4.69, 9.17) is 5.84 Å². The molecule has 4 N–H and O–H groups in total. The summed E-state index contributed by atoms with van der Waals surface area (Å²) in [6.45, 7) is 0. The van der Waals surface area contributed by atoms with Gasteiger partial charge < -0.3 is 4.98 Å². The van der Waals surface area contributed by atoms with Crippen LogP contribution in [0.3, 0.4) is 0 Å². The van der Waals surface area contributed by atoms with E-state index >= 15 is 0 Å². The van der Waals surface area contributed by atoms with Crippen molar-refractivity contribution in [1.29, 1.82) is 0 Å². The van der Waals surface area contributed by atoms with Crippen LogP contribution < -0.4 is 11.3 Å². The Kier molecular flexibility index (Phi) is 3.34. The first-order valence-corrected chi connectivity index (χ1v) is 6.29. The van der Waals surface area contributed by atoms with E-state index < -0.39 is 23.4 Å². The van der Waals surface area contributed by atoms with Crippen LogP contribution in [0.5, 0.6) is 0 Å². The molecule has 22 heavy (non-hydrogen) atoms. The molecule has 0 aliphatic heterocycles. The lowest BCUT2D eigenvalue weighted by molar-refractivity contribution is 0.0956. The summed E-state index contributed by atoms with van der Waals surface area (Å²) in [5.41, 5.74) is 3.04. The Hall–Kier alpha value is -2.80. The quantitative estimate of drug-likeness (QED) is 0.387. The molecule has 0 bridgehead atoms. The van der Waals surface area contributed by atoms with E-state index in [1.165, 1.54) is 24.3 Å². The Morgan fingerprint density at radius 3 is 2.32 bits per heavy atom. The molecule has 1 aromatic heterocycles. The number of hydrazine groups is 1. The van der Waals surface area contributed by atoms with Gasteiger partial charge in [0.2, 0.25) is 0 Å². The molecule has 7 heteroatoms. The predicted molar refractivity (Wildman–Crippen MR) is 75.3 cm³/mol. The molecule has 0 unspecified atom stereocenters. The van der Waals surface area contributed by atoms with Gasteiger partial charge in [-0.15, -0.1) is 0 Å². The molecule has 0 aliphatic rings. The second-order valence-corrected chi connectivity index (χ2v) is 4.67. The molecule has 3 rings (SSSR count). The fourth-order valence-electron chi connectivity index (χ4n) is 2.33. The van der Waals surface area contributed by atoms with Crippen LogP contribution in [0.2, 0.25) is 0 Å². The highest BCUT2D eigenvalue weighted by Crippen LogP contribution is 2.31. The van der Waals surface area contributed by atoms with Crippen LogP contribution in [0.1, 0.15) is 10.4 Å². The molecule has 0 saturated heterocycles. The molecule has 0 atom stereocenters. The van der Waals surface area contributed by atoms with Crippen LogP contribution in [0, 0.1) is 17.5 Å². The van der Waals surface area contributed by atoms with Crippen LogP contribution in [0.4, 0.5) is 13.2 Å².